The summed E-state index contributed by atoms with van der Waals surface area (Å²) in [6, 6.07) is 0. The summed E-state index contributed by atoms with van der Waals surface area (Å²) in [5.74, 6) is 1.02. The van der Waals surface area contributed by atoms with Gasteiger partial charge in [0.2, 0.25) is 0 Å². The summed E-state index contributed by atoms with van der Waals surface area (Å²) < 4.78 is 9.71. The van der Waals surface area contributed by atoms with Gasteiger partial charge in [0, 0.05) is 18.9 Å². The molecule has 1 rings (SSSR count). The molecule has 1 atom stereocenters. The quantitative estimate of drug-likeness (QED) is 0.683. The number of ether oxygens (including phenoxy) is 2. The van der Waals surface area contributed by atoms with Gasteiger partial charge in [0.1, 0.15) is 0 Å². The van der Waals surface area contributed by atoms with Crippen LogP contribution >= 0.6 is 0 Å². The standard InChI is InChI=1S/C8H14N2O3/c1-12-7-4-6(2-3-10-7)5-13-8(9)11/h6H,2-5H2,1H3,(H2,9,11). The fourth-order valence-corrected chi connectivity index (χ4v) is 1.28. The molecule has 1 heterocycles. The molecule has 5 heteroatoms. The predicted molar refractivity (Wildman–Crippen MR) is 47.6 cm³/mol. The molecule has 13 heavy (non-hydrogen) atoms. The van der Waals surface area contributed by atoms with Crippen molar-refractivity contribution in [2.45, 2.75) is 12.8 Å². The predicted octanol–water partition coefficient (Wildman–Crippen LogP) is 0.537. The van der Waals surface area contributed by atoms with Crippen molar-refractivity contribution in [1.82, 2.24) is 0 Å². The van der Waals surface area contributed by atoms with Gasteiger partial charge in [-0.25, -0.2) is 4.79 Å². The third-order valence-electron chi connectivity index (χ3n) is 1.99. The number of carbonyl (C=O) groups excluding carboxylic acids is 1. The molecule has 0 spiro atoms. The van der Waals surface area contributed by atoms with E-state index in [9.17, 15) is 4.79 Å². The molecule has 0 radical (unpaired) electrons. The Balaban J connectivity index is 2.29. The molecular formula is C8H14N2O3. The fraction of sp³-hybridized carbons (Fsp3) is 0.750. The number of amides is 1. The molecule has 1 aliphatic rings. The zero-order chi connectivity index (χ0) is 9.68. The zero-order valence-corrected chi connectivity index (χ0v) is 7.66. The first-order valence-electron chi connectivity index (χ1n) is 4.22. The Bertz CT molecular complexity index is 215. The average molecular weight is 186 g/mol. The number of hydrogen-bond acceptors (Lipinski definition) is 4. The topological polar surface area (TPSA) is 73.9 Å². The van der Waals surface area contributed by atoms with Gasteiger partial charge in [-0.1, -0.05) is 0 Å². The highest BCUT2D eigenvalue weighted by atomic mass is 16.5. The van der Waals surface area contributed by atoms with E-state index in [0.717, 1.165) is 25.3 Å². The van der Waals surface area contributed by atoms with Gasteiger partial charge >= 0.3 is 6.09 Å². The third-order valence-corrected chi connectivity index (χ3v) is 1.99. The first-order chi connectivity index (χ1) is 6.22. The van der Waals surface area contributed by atoms with Crippen LogP contribution in [0, 0.1) is 5.92 Å². The van der Waals surface area contributed by atoms with Crippen LogP contribution in [0.5, 0.6) is 0 Å². The van der Waals surface area contributed by atoms with Crippen LogP contribution in [0.4, 0.5) is 4.79 Å². The summed E-state index contributed by atoms with van der Waals surface area (Å²) in [5.41, 5.74) is 4.85. The van der Waals surface area contributed by atoms with Crippen LogP contribution < -0.4 is 5.73 Å². The molecule has 0 saturated heterocycles. The van der Waals surface area contributed by atoms with Crippen molar-refractivity contribution >= 4 is 12.0 Å². The Labute approximate surface area is 76.9 Å². The largest absolute Gasteiger partial charge is 0.484 e. The van der Waals surface area contributed by atoms with Gasteiger partial charge in [-0.3, -0.25) is 4.99 Å². The van der Waals surface area contributed by atoms with E-state index in [1.54, 1.807) is 7.11 Å². The van der Waals surface area contributed by atoms with Crippen LogP contribution in [0.2, 0.25) is 0 Å². The minimum Gasteiger partial charge on any atom is -0.484 e. The molecule has 1 unspecified atom stereocenters. The summed E-state index contributed by atoms with van der Waals surface area (Å²) in [7, 11) is 1.59. The minimum atomic E-state index is -0.721. The van der Waals surface area contributed by atoms with E-state index in [-0.39, 0.29) is 0 Å². The molecular weight excluding hydrogens is 172 g/mol. The molecule has 2 N–H and O–H groups in total. The maximum absolute atomic E-state index is 10.3. The number of carbonyl (C=O) groups is 1. The summed E-state index contributed by atoms with van der Waals surface area (Å²) in [5, 5.41) is 0. The minimum absolute atomic E-state index is 0.292. The second-order valence-electron chi connectivity index (χ2n) is 2.97. The van der Waals surface area contributed by atoms with Gasteiger partial charge in [0.05, 0.1) is 13.7 Å². The van der Waals surface area contributed by atoms with Crippen molar-refractivity contribution < 1.29 is 14.3 Å². The zero-order valence-electron chi connectivity index (χ0n) is 7.66. The summed E-state index contributed by atoms with van der Waals surface area (Å²) >= 11 is 0. The lowest BCUT2D eigenvalue weighted by Crippen LogP contribution is -2.24. The molecule has 0 fully saturated rings. The molecule has 0 aromatic heterocycles. The van der Waals surface area contributed by atoms with Crippen LogP contribution in [0.1, 0.15) is 12.8 Å². The van der Waals surface area contributed by atoms with Crippen molar-refractivity contribution in [1.29, 1.82) is 0 Å². The maximum atomic E-state index is 10.3. The van der Waals surface area contributed by atoms with Gasteiger partial charge in [-0.15, -0.1) is 0 Å². The Hall–Kier alpha value is -1.26. The van der Waals surface area contributed by atoms with Crippen molar-refractivity contribution in [3.63, 3.8) is 0 Å². The smallest absolute Gasteiger partial charge is 0.404 e. The van der Waals surface area contributed by atoms with E-state index >= 15 is 0 Å². The van der Waals surface area contributed by atoms with Gasteiger partial charge in [0.15, 0.2) is 5.90 Å². The molecule has 0 aromatic carbocycles. The lowest BCUT2D eigenvalue weighted by atomic mass is 10.0. The Morgan fingerprint density at radius 2 is 2.54 bits per heavy atom. The van der Waals surface area contributed by atoms with Crippen LogP contribution in [-0.4, -0.2) is 32.3 Å². The Morgan fingerprint density at radius 3 is 3.15 bits per heavy atom. The van der Waals surface area contributed by atoms with Gasteiger partial charge in [0.25, 0.3) is 0 Å². The second kappa shape index (κ2) is 4.69. The van der Waals surface area contributed by atoms with Gasteiger partial charge in [-0.2, -0.15) is 0 Å². The van der Waals surface area contributed by atoms with Gasteiger partial charge in [-0.05, 0) is 6.42 Å². The molecule has 1 aliphatic heterocycles. The highest BCUT2D eigenvalue weighted by Gasteiger charge is 2.18. The normalized spacial score (nSPS) is 21.9. The number of nitrogens with zero attached hydrogens (tertiary/aromatic N) is 1. The summed E-state index contributed by atoms with van der Waals surface area (Å²) in [4.78, 5) is 14.5. The first kappa shape index (κ1) is 9.83. The average Bonchev–Trinajstić information content (AvgIpc) is 2.15. The van der Waals surface area contributed by atoms with Crippen molar-refractivity contribution in [3.05, 3.63) is 0 Å². The van der Waals surface area contributed by atoms with Crippen LogP contribution in [0.15, 0.2) is 4.99 Å². The maximum Gasteiger partial charge on any atom is 0.404 e. The first-order valence-corrected chi connectivity index (χ1v) is 4.22. The lowest BCUT2D eigenvalue weighted by Gasteiger charge is -2.20. The van der Waals surface area contributed by atoms with Crippen molar-refractivity contribution in [3.8, 4) is 0 Å². The Kier molecular flexibility index (Phi) is 3.54. The van der Waals surface area contributed by atoms with E-state index in [1.807, 2.05) is 0 Å². The van der Waals surface area contributed by atoms with Crippen molar-refractivity contribution in [2.24, 2.45) is 16.6 Å². The summed E-state index contributed by atoms with van der Waals surface area (Å²) in [6.45, 7) is 1.09. The number of rotatable bonds is 2. The second-order valence-corrected chi connectivity index (χ2v) is 2.97. The van der Waals surface area contributed by atoms with Crippen LogP contribution in [-0.2, 0) is 9.47 Å². The number of hydrogen-bond donors (Lipinski definition) is 1. The van der Waals surface area contributed by atoms with Crippen molar-refractivity contribution in [2.75, 3.05) is 20.3 Å². The summed E-state index contributed by atoms with van der Waals surface area (Å²) in [6.07, 6.45) is 0.922. The molecule has 0 aliphatic carbocycles. The third kappa shape index (κ3) is 3.31. The molecule has 1 amide bonds. The number of primary amides is 1. The SMILES string of the molecule is COC1=NCCC(COC(N)=O)C1. The van der Waals surface area contributed by atoms with E-state index in [1.165, 1.54) is 0 Å². The molecule has 5 nitrogen and oxygen atoms in total. The lowest BCUT2D eigenvalue weighted by molar-refractivity contribution is 0.132. The number of nitrogens with two attached hydrogens (primary N) is 1. The van der Waals surface area contributed by atoms with Gasteiger partial charge < -0.3 is 15.2 Å². The van der Waals surface area contributed by atoms with Crippen LogP contribution in [0.3, 0.4) is 0 Å². The highest BCUT2D eigenvalue weighted by Crippen LogP contribution is 2.15. The highest BCUT2D eigenvalue weighted by molar-refractivity contribution is 5.76. The van der Waals surface area contributed by atoms with E-state index in [4.69, 9.17) is 15.2 Å². The van der Waals surface area contributed by atoms with E-state index in [0.29, 0.717) is 12.5 Å². The molecule has 0 aromatic rings. The molecule has 0 bridgehead atoms. The van der Waals surface area contributed by atoms with E-state index in [2.05, 4.69) is 4.99 Å². The molecule has 74 valence electrons. The molecule has 0 saturated carbocycles. The monoisotopic (exact) mass is 186 g/mol. The fourth-order valence-electron chi connectivity index (χ4n) is 1.28. The number of methoxy groups -OCH3 is 1. The van der Waals surface area contributed by atoms with Crippen LogP contribution in [0.25, 0.3) is 0 Å². The van der Waals surface area contributed by atoms with E-state index < -0.39 is 6.09 Å². The Morgan fingerprint density at radius 1 is 1.77 bits per heavy atom. The number of aliphatic imine (C=N–C) groups is 1.